The first-order valence-corrected chi connectivity index (χ1v) is 4.20. The molecule has 0 aliphatic rings. The van der Waals surface area contributed by atoms with Gasteiger partial charge in [-0.1, -0.05) is 37.3 Å². The summed E-state index contributed by atoms with van der Waals surface area (Å²) in [7, 11) is 0. The van der Waals surface area contributed by atoms with Crippen LogP contribution in [0.15, 0.2) is 35.4 Å². The fraction of sp³-hybridized carbons (Fsp3) is 0.200. The molecule has 0 aromatic heterocycles. The number of hydrogen-bond donors (Lipinski definition) is 1. The number of benzene rings is 1. The molecule has 0 radical (unpaired) electrons. The van der Waals surface area contributed by atoms with E-state index in [0.717, 1.165) is 5.56 Å². The van der Waals surface area contributed by atoms with E-state index in [0.29, 0.717) is 6.42 Å². The molecule has 1 aromatic rings. The van der Waals surface area contributed by atoms with E-state index in [2.05, 4.69) is 10.5 Å². The normalized spacial score (nSPS) is 10.2. The monoisotopic (exact) mass is 176 g/mol. The molecule has 0 saturated carbocycles. The van der Waals surface area contributed by atoms with Crippen molar-refractivity contribution in [1.29, 1.82) is 0 Å². The standard InChI is InChI=1S/C10H12N2O/c1-2-10(13)12-11-8-9-6-4-3-5-7-9/h3-8H,2H2,1H3,(H,12,13)/b11-8-. The Morgan fingerprint density at radius 3 is 2.77 bits per heavy atom. The minimum Gasteiger partial charge on any atom is -0.273 e. The first kappa shape index (κ1) is 9.45. The van der Waals surface area contributed by atoms with Gasteiger partial charge in [0.15, 0.2) is 0 Å². The van der Waals surface area contributed by atoms with Crippen molar-refractivity contribution in [3.05, 3.63) is 35.9 Å². The SMILES string of the molecule is CCC(=O)N/N=C\c1ccccc1. The van der Waals surface area contributed by atoms with Crippen LogP contribution in [0.4, 0.5) is 0 Å². The van der Waals surface area contributed by atoms with Crippen molar-refractivity contribution in [2.24, 2.45) is 5.10 Å². The van der Waals surface area contributed by atoms with Gasteiger partial charge in [-0.2, -0.15) is 5.10 Å². The van der Waals surface area contributed by atoms with Gasteiger partial charge >= 0.3 is 0 Å². The topological polar surface area (TPSA) is 41.5 Å². The van der Waals surface area contributed by atoms with Crippen LogP contribution in [0, 0.1) is 0 Å². The number of nitrogens with zero attached hydrogens (tertiary/aromatic N) is 1. The molecular weight excluding hydrogens is 164 g/mol. The molecule has 1 rings (SSSR count). The maximum absolute atomic E-state index is 10.8. The Hall–Kier alpha value is -1.64. The van der Waals surface area contributed by atoms with Crippen molar-refractivity contribution in [2.45, 2.75) is 13.3 Å². The van der Waals surface area contributed by atoms with Gasteiger partial charge in [0.1, 0.15) is 0 Å². The van der Waals surface area contributed by atoms with Crippen LogP contribution in [0.3, 0.4) is 0 Å². The number of rotatable bonds is 3. The fourth-order valence-corrected chi connectivity index (χ4v) is 0.797. The molecule has 0 unspecified atom stereocenters. The van der Waals surface area contributed by atoms with Crippen LogP contribution < -0.4 is 5.43 Å². The van der Waals surface area contributed by atoms with Gasteiger partial charge in [0.05, 0.1) is 6.21 Å². The third-order valence-electron chi connectivity index (χ3n) is 1.52. The van der Waals surface area contributed by atoms with Crippen LogP contribution in [-0.4, -0.2) is 12.1 Å². The Labute approximate surface area is 77.5 Å². The molecule has 0 aliphatic heterocycles. The lowest BCUT2D eigenvalue weighted by molar-refractivity contribution is -0.120. The van der Waals surface area contributed by atoms with E-state index in [1.54, 1.807) is 13.1 Å². The molecule has 1 N–H and O–H groups in total. The minimum absolute atomic E-state index is 0.0767. The molecule has 13 heavy (non-hydrogen) atoms. The summed E-state index contributed by atoms with van der Waals surface area (Å²) in [5.41, 5.74) is 3.38. The lowest BCUT2D eigenvalue weighted by Crippen LogP contribution is -2.15. The van der Waals surface area contributed by atoms with E-state index < -0.39 is 0 Å². The number of hydrazone groups is 1. The average Bonchev–Trinajstić information content (AvgIpc) is 2.19. The van der Waals surface area contributed by atoms with Crippen LogP contribution in [-0.2, 0) is 4.79 Å². The number of nitrogens with one attached hydrogen (secondary N) is 1. The van der Waals surface area contributed by atoms with Gasteiger partial charge in [-0.25, -0.2) is 5.43 Å². The lowest BCUT2D eigenvalue weighted by Gasteiger charge is -1.93. The molecule has 0 spiro atoms. The molecular formula is C10H12N2O. The summed E-state index contributed by atoms with van der Waals surface area (Å²) in [5.74, 6) is -0.0767. The zero-order chi connectivity index (χ0) is 9.52. The highest BCUT2D eigenvalue weighted by Gasteiger charge is 1.90. The van der Waals surface area contributed by atoms with Crippen molar-refractivity contribution in [3.63, 3.8) is 0 Å². The highest BCUT2D eigenvalue weighted by atomic mass is 16.2. The Bertz CT molecular complexity index is 293. The van der Waals surface area contributed by atoms with Crippen LogP contribution in [0.5, 0.6) is 0 Å². The molecule has 0 saturated heterocycles. The molecule has 3 nitrogen and oxygen atoms in total. The Morgan fingerprint density at radius 1 is 1.46 bits per heavy atom. The first-order chi connectivity index (χ1) is 6.33. The largest absolute Gasteiger partial charge is 0.273 e. The van der Waals surface area contributed by atoms with Crippen molar-refractivity contribution in [1.82, 2.24) is 5.43 Å². The van der Waals surface area contributed by atoms with Gasteiger partial charge in [-0.15, -0.1) is 0 Å². The second kappa shape index (κ2) is 5.09. The Balaban J connectivity index is 2.45. The van der Waals surface area contributed by atoms with Gasteiger partial charge in [-0.05, 0) is 5.56 Å². The second-order valence-corrected chi connectivity index (χ2v) is 2.56. The highest BCUT2D eigenvalue weighted by Crippen LogP contribution is 1.92. The van der Waals surface area contributed by atoms with Crippen molar-refractivity contribution in [3.8, 4) is 0 Å². The summed E-state index contributed by atoms with van der Waals surface area (Å²) in [6.07, 6.45) is 2.07. The molecule has 1 aromatic carbocycles. The van der Waals surface area contributed by atoms with E-state index in [4.69, 9.17) is 0 Å². The summed E-state index contributed by atoms with van der Waals surface area (Å²) in [4.78, 5) is 10.8. The maximum atomic E-state index is 10.8. The van der Waals surface area contributed by atoms with E-state index in [9.17, 15) is 4.79 Å². The van der Waals surface area contributed by atoms with E-state index in [1.165, 1.54) is 0 Å². The van der Waals surface area contributed by atoms with Crippen LogP contribution in [0.1, 0.15) is 18.9 Å². The Kier molecular flexibility index (Phi) is 3.70. The van der Waals surface area contributed by atoms with Crippen molar-refractivity contribution < 1.29 is 4.79 Å². The van der Waals surface area contributed by atoms with Crippen LogP contribution in [0.2, 0.25) is 0 Å². The fourth-order valence-electron chi connectivity index (χ4n) is 0.797. The minimum atomic E-state index is -0.0767. The van der Waals surface area contributed by atoms with E-state index in [1.807, 2.05) is 30.3 Å². The summed E-state index contributed by atoms with van der Waals surface area (Å²) in [6.45, 7) is 1.79. The molecule has 0 fully saturated rings. The Morgan fingerprint density at radius 2 is 2.15 bits per heavy atom. The van der Waals surface area contributed by atoms with E-state index in [-0.39, 0.29) is 5.91 Å². The van der Waals surface area contributed by atoms with Crippen LogP contribution in [0.25, 0.3) is 0 Å². The summed E-state index contributed by atoms with van der Waals surface area (Å²) < 4.78 is 0. The zero-order valence-corrected chi connectivity index (χ0v) is 7.53. The van der Waals surface area contributed by atoms with Gasteiger partial charge in [-0.3, -0.25) is 4.79 Å². The van der Waals surface area contributed by atoms with E-state index >= 15 is 0 Å². The predicted octanol–water partition coefficient (Wildman–Crippen LogP) is 1.55. The second-order valence-electron chi connectivity index (χ2n) is 2.56. The average molecular weight is 176 g/mol. The van der Waals surface area contributed by atoms with Gasteiger partial charge in [0, 0.05) is 6.42 Å². The maximum Gasteiger partial charge on any atom is 0.239 e. The van der Waals surface area contributed by atoms with Crippen molar-refractivity contribution in [2.75, 3.05) is 0 Å². The molecule has 0 heterocycles. The molecule has 0 atom stereocenters. The zero-order valence-electron chi connectivity index (χ0n) is 7.53. The molecule has 68 valence electrons. The number of amides is 1. The van der Waals surface area contributed by atoms with Crippen molar-refractivity contribution >= 4 is 12.1 Å². The molecule has 3 heteroatoms. The molecule has 1 amide bonds. The number of carbonyl (C=O) groups is 1. The number of carbonyl (C=O) groups excluding carboxylic acids is 1. The van der Waals surface area contributed by atoms with Gasteiger partial charge in [0.25, 0.3) is 0 Å². The molecule has 0 bridgehead atoms. The third-order valence-corrected chi connectivity index (χ3v) is 1.52. The van der Waals surface area contributed by atoms with Gasteiger partial charge in [0.2, 0.25) is 5.91 Å². The lowest BCUT2D eigenvalue weighted by atomic mass is 10.2. The molecule has 0 aliphatic carbocycles. The highest BCUT2D eigenvalue weighted by molar-refractivity contribution is 5.82. The quantitative estimate of drug-likeness (QED) is 0.551. The smallest absolute Gasteiger partial charge is 0.239 e. The third kappa shape index (κ3) is 3.51. The summed E-state index contributed by atoms with van der Waals surface area (Å²) >= 11 is 0. The van der Waals surface area contributed by atoms with Crippen LogP contribution >= 0.6 is 0 Å². The summed E-state index contributed by atoms with van der Waals surface area (Å²) in [6, 6.07) is 9.61. The summed E-state index contributed by atoms with van der Waals surface area (Å²) in [5, 5.41) is 3.79. The van der Waals surface area contributed by atoms with Gasteiger partial charge < -0.3 is 0 Å². The predicted molar refractivity (Wildman–Crippen MR) is 52.5 cm³/mol. The number of hydrogen-bond acceptors (Lipinski definition) is 2. The first-order valence-electron chi connectivity index (χ1n) is 4.20.